The van der Waals surface area contributed by atoms with Crippen LogP contribution in [0.15, 0.2) is 29.3 Å². The molecule has 29 heavy (non-hydrogen) atoms. The number of hydrogen-bond acceptors (Lipinski definition) is 4. The summed E-state index contributed by atoms with van der Waals surface area (Å²) in [6, 6.07) is 7.66. The molecule has 0 aromatic heterocycles. The number of carbonyl (C=O) groups excluding carboxylic acids is 2. The van der Waals surface area contributed by atoms with Gasteiger partial charge < -0.3 is 25.2 Å². The Kier molecular flexibility index (Phi) is 9.05. The van der Waals surface area contributed by atoms with E-state index in [1.807, 2.05) is 24.3 Å². The van der Waals surface area contributed by atoms with Gasteiger partial charge in [-0.1, -0.05) is 23.7 Å². The summed E-state index contributed by atoms with van der Waals surface area (Å²) in [7, 11) is 3.43. The van der Waals surface area contributed by atoms with Crippen molar-refractivity contribution in [3.8, 4) is 0 Å². The van der Waals surface area contributed by atoms with E-state index in [0.29, 0.717) is 37.2 Å². The third-order valence-corrected chi connectivity index (χ3v) is 4.85. The fourth-order valence-corrected chi connectivity index (χ4v) is 2.97. The van der Waals surface area contributed by atoms with Crippen molar-refractivity contribution < 1.29 is 14.3 Å². The van der Waals surface area contributed by atoms with Crippen LogP contribution in [0.5, 0.6) is 0 Å². The Morgan fingerprint density at radius 3 is 2.48 bits per heavy atom. The summed E-state index contributed by atoms with van der Waals surface area (Å²) in [6.07, 6.45) is 1.29. The Morgan fingerprint density at radius 2 is 1.90 bits per heavy atom. The van der Waals surface area contributed by atoms with Crippen molar-refractivity contribution in [2.24, 2.45) is 4.99 Å². The Hall–Kier alpha value is -2.48. The molecule has 1 aliphatic heterocycles. The van der Waals surface area contributed by atoms with E-state index in [0.717, 1.165) is 18.4 Å². The normalized spacial score (nSPS) is 15.0. The van der Waals surface area contributed by atoms with Crippen molar-refractivity contribution in [3.63, 3.8) is 0 Å². The minimum Gasteiger partial charge on any atom is -0.450 e. The molecule has 0 aliphatic carbocycles. The Morgan fingerprint density at radius 1 is 1.24 bits per heavy atom. The minimum atomic E-state index is -0.266. The van der Waals surface area contributed by atoms with Crippen LogP contribution in [-0.2, 0) is 16.1 Å². The van der Waals surface area contributed by atoms with Gasteiger partial charge in [0.1, 0.15) is 0 Å². The summed E-state index contributed by atoms with van der Waals surface area (Å²) in [6.45, 7) is 4.04. The lowest BCUT2D eigenvalue weighted by molar-refractivity contribution is -0.127. The smallest absolute Gasteiger partial charge is 0.409 e. The van der Waals surface area contributed by atoms with E-state index in [1.165, 1.54) is 4.90 Å². The number of halogens is 1. The lowest BCUT2D eigenvalue weighted by atomic mass is 10.1. The van der Waals surface area contributed by atoms with Crippen molar-refractivity contribution in [1.82, 2.24) is 20.4 Å². The van der Waals surface area contributed by atoms with Crippen LogP contribution in [0.25, 0.3) is 0 Å². The number of likely N-dealkylation sites (N-methyl/N-ethyl adjacent to an activating group) is 1. The van der Waals surface area contributed by atoms with E-state index in [1.54, 1.807) is 25.9 Å². The molecule has 0 bridgehead atoms. The summed E-state index contributed by atoms with van der Waals surface area (Å²) < 4.78 is 5.06. The third kappa shape index (κ3) is 7.81. The molecule has 2 rings (SSSR count). The Balaban J connectivity index is 1.95. The van der Waals surface area contributed by atoms with E-state index in [9.17, 15) is 9.59 Å². The van der Waals surface area contributed by atoms with Crippen LogP contribution in [0, 0.1) is 0 Å². The van der Waals surface area contributed by atoms with Crippen LogP contribution in [0.4, 0.5) is 4.79 Å². The number of nitrogens with zero attached hydrogens (tertiary/aromatic N) is 3. The molecule has 0 unspecified atom stereocenters. The van der Waals surface area contributed by atoms with Gasteiger partial charge in [0.2, 0.25) is 5.91 Å². The van der Waals surface area contributed by atoms with Gasteiger partial charge in [-0.25, -0.2) is 9.79 Å². The van der Waals surface area contributed by atoms with Crippen molar-refractivity contribution in [2.45, 2.75) is 32.4 Å². The highest BCUT2D eigenvalue weighted by molar-refractivity contribution is 6.30. The van der Waals surface area contributed by atoms with Crippen LogP contribution in [0.3, 0.4) is 0 Å². The number of aliphatic imine (C=N–C) groups is 1. The second kappa shape index (κ2) is 11.5. The number of carbonyl (C=O) groups is 2. The van der Waals surface area contributed by atoms with Crippen LogP contribution < -0.4 is 10.6 Å². The predicted molar refractivity (Wildman–Crippen MR) is 114 cm³/mol. The topological polar surface area (TPSA) is 86.3 Å². The van der Waals surface area contributed by atoms with Gasteiger partial charge in [0.15, 0.2) is 5.96 Å². The molecule has 160 valence electrons. The molecule has 2 N–H and O–H groups in total. The summed E-state index contributed by atoms with van der Waals surface area (Å²) in [5.74, 6) is 0.535. The van der Waals surface area contributed by atoms with Crippen LogP contribution >= 0.6 is 11.6 Å². The van der Waals surface area contributed by atoms with E-state index < -0.39 is 0 Å². The lowest BCUT2D eigenvalue weighted by Crippen LogP contribution is -2.51. The summed E-state index contributed by atoms with van der Waals surface area (Å²) in [4.78, 5) is 31.6. The molecule has 0 radical (unpaired) electrons. The molecule has 1 saturated heterocycles. The van der Waals surface area contributed by atoms with Crippen molar-refractivity contribution >= 4 is 29.6 Å². The maximum atomic E-state index is 11.9. The first-order valence-corrected chi connectivity index (χ1v) is 10.2. The number of benzene rings is 1. The zero-order chi connectivity index (χ0) is 21.2. The zero-order valence-electron chi connectivity index (χ0n) is 17.3. The number of hydrogen-bond donors (Lipinski definition) is 2. The minimum absolute atomic E-state index is 0.0388. The number of piperidine rings is 1. The zero-order valence-corrected chi connectivity index (χ0v) is 18.0. The maximum Gasteiger partial charge on any atom is 0.409 e. The predicted octanol–water partition coefficient (Wildman–Crippen LogP) is 2.08. The second-order valence-corrected chi connectivity index (χ2v) is 7.47. The van der Waals surface area contributed by atoms with Crippen LogP contribution in [0.1, 0.15) is 25.3 Å². The van der Waals surface area contributed by atoms with Crippen LogP contribution in [0.2, 0.25) is 5.02 Å². The van der Waals surface area contributed by atoms with Crippen molar-refractivity contribution in [1.29, 1.82) is 0 Å². The van der Waals surface area contributed by atoms with Gasteiger partial charge in [-0.15, -0.1) is 0 Å². The molecule has 1 aromatic rings. The fourth-order valence-electron chi connectivity index (χ4n) is 2.84. The molecule has 0 spiro atoms. The molecule has 8 nitrogen and oxygen atoms in total. The molecule has 1 fully saturated rings. The summed E-state index contributed by atoms with van der Waals surface area (Å²) in [5, 5.41) is 7.17. The van der Waals surface area contributed by atoms with Gasteiger partial charge >= 0.3 is 6.09 Å². The fraction of sp³-hybridized carbons (Fsp3) is 0.550. The molecule has 0 saturated carbocycles. The highest BCUT2D eigenvalue weighted by atomic mass is 35.5. The summed E-state index contributed by atoms with van der Waals surface area (Å²) >= 11 is 5.93. The Bertz CT molecular complexity index is 701. The van der Waals surface area contributed by atoms with Gasteiger partial charge in [0, 0.05) is 38.2 Å². The van der Waals surface area contributed by atoms with Crippen molar-refractivity contribution in [3.05, 3.63) is 34.9 Å². The second-order valence-electron chi connectivity index (χ2n) is 7.04. The largest absolute Gasteiger partial charge is 0.450 e. The molecule has 9 heteroatoms. The van der Waals surface area contributed by atoms with Gasteiger partial charge in [-0.05, 0) is 37.5 Å². The van der Waals surface area contributed by atoms with Gasteiger partial charge in [-0.3, -0.25) is 4.79 Å². The van der Waals surface area contributed by atoms with E-state index >= 15 is 0 Å². The average molecular weight is 424 g/mol. The molecule has 2 amide bonds. The van der Waals surface area contributed by atoms with Gasteiger partial charge in [0.25, 0.3) is 0 Å². The molecular formula is C20H30ClN5O3. The molecular weight excluding hydrogens is 394 g/mol. The molecule has 1 aromatic carbocycles. The number of guanidine groups is 1. The first kappa shape index (κ1) is 22.8. The number of likely N-dealkylation sites (tertiary alicyclic amines) is 1. The highest BCUT2D eigenvalue weighted by Crippen LogP contribution is 2.12. The van der Waals surface area contributed by atoms with E-state index in [-0.39, 0.29) is 24.6 Å². The molecule has 0 atom stereocenters. The standard InChI is InChI=1S/C20H30ClN5O3/c1-4-29-20(28)26-11-9-17(10-12-26)24-19(23-14-18(27)25(2)3)22-13-15-5-7-16(21)8-6-15/h5-8,17H,4,9-14H2,1-3H3,(H2,22,23,24). The quantitative estimate of drug-likeness (QED) is 0.540. The van der Waals surface area contributed by atoms with E-state index in [4.69, 9.17) is 16.3 Å². The summed E-state index contributed by atoms with van der Waals surface area (Å²) in [5.41, 5.74) is 1.02. The SMILES string of the molecule is CCOC(=O)N1CCC(NC(=NCc2ccc(Cl)cc2)NCC(=O)N(C)C)CC1. The van der Waals surface area contributed by atoms with Crippen molar-refractivity contribution in [2.75, 3.05) is 40.3 Å². The number of ether oxygens (including phenoxy) is 1. The first-order chi connectivity index (χ1) is 13.9. The van der Waals surface area contributed by atoms with E-state index in [2.05, 4.69) is 15.6 Å². The molecule has 1 heterocycles. The highest BCUT2D eigenvalue weighted by Gasteiger charge is 2.24. The third-order valence-electron chi connectivity index (χ3n) is 4.60. The number of amides is 2. The number of nitrogens with one attached hydrogen (secondary N) is 2. The number of rotatable bonds is 6. The van der Waals surface area contributed by atoms with Crippen LogP contribution in [-0.4, -0.2) is 74.1 Å². The monoisotopic (exact) mass is 423 g/mol. The lowest BCUT2D eigenvalue weighted by Gasteiger charge is -2.32. The molecule has 1 aliphatic rings. The average Bonchev–Trinajstić information content (AvgIpc) is 2.71. The maximum absolute atomic E-state index is 11.9. The Labute approximate surface area is 177 Å². The van der Waals surface area contributed by atoms with Gasteiger partial charge in [0.05, 0.1) is 19.7 Å². The first-order valence-electron chi connectivity index (χ1n) is 9.80. The van der Waals surface area contributed by atoms with Gasteiger partial charge in [-0.2, -0.15) is 0 Å².